The number of imidazole rings is 1. The molecule has 3 rings (SSSR count). The molecule has 1 amide bonds. The van der Waals surface area contributed by atoms with Gasteiger partial charge in [-0.15, -0.1) is 11.3 Å². The average Bonchev–Trinajstić information content (AvgIpc) is 3.32. The molecule has 0 bridgehead atoms. The van der Waals surface area contributed by atoms with E-state index in [1.165, 1.54) is 0 Å². The SMILES string of the molecule is CC(C)(C)c1csc(CNC(=O)[C@H](Cc2cnc[nH]2)n2cccc2)n1. The van der Waals surface area contributed by atoms with Crippen molar-refractivity contribution >= 4 is 17.2 Å². The summed E-state index contributed by atoms with van der Waals surface area (Å²) in [6.07, 6.45) is 7.75. The van der Waals surface area contributed by atoms with E-state index in [1.54, 1.807) is 23.9 Å². The van der Waals surface area contributed by atoms with Crippen molar-refractivity contribution in [1.82, 2.24) is 24.8 Å². The average molecular weight is 357 g/mol. The number of rotatable bonds is 6. The number of nitrogens with zero attached hydrogens (tertiary/aromatic N) is 3. The van der Waals surface area contributed by atoms with Crippen LogP contribution >= 0.6 is 11.3 Å². The predicted molar refractivity (Wildman–Crippen MR) is 98.4 cm³/mol. The van der Waals surface area contributed by atoms with Crippen molar-refractivity contribution in [3.8, 4) is 0 Å². The monoisotopic (exact) mass is 357 g/mol. The molecule has 6 nitrogen and oxygen atoms in total. The molecule has 0 radical (unpaired) electrons. The third-order valence-electron chi connectivity index (χ3n) is 3.99. The van der Waals surface area contributed by atoms with Gasteiger partial charge in [0.25, 0.3) is 0 Å². The summed E-state index contributed by atoms with van der Waals surface area (Å²) in [7, 11) is 0. The first-order valence-corrected chi connectivity index (χ1v) is 9.14. The normalized spacial score (nSPS) is 12.9. The predicted octanol–water partition coefficient (Wildman–Crippen LogP) is 3.07. The largest absolute Gasteiger partial charge is 0.348 e. The Labute approximate surface area is 151 Å². The van der Waals surface area contributed by atoms with Crippen LogP contribution in [0.15, 0.2) is 42.4 Å². The highest BCUT2D eigenvalue weighted by atomic mass is 32.1. The second kappa shape index (κ2) is 7.23. The highest BCUT2D eigenvalue weighted by Gasteiger charge is 2.22. The first-order valence-electron chi connectivity index (χ1n) is 8.26. The molecule has 7 heteroatoms. The Kier molecular flexibility index (Phi) is 5.03. The number of aromatic nitrogens is 4. The van der Waals surface area contributed by atoms with E-state index in [-0.39, 0.29) is 17.4 Å². The van der Waals surface area contributed by atoms with Gasteiger partial charge in [0, 0.05) is 41.5 Å². The molecule has 3 heterocycles. The third kappa shape index (κ3) is 4.36. The van der Waals surface area contributed by atoms with Gasteiger partial charge in [-0.05, 0) is 12.1 Å². The van der Waals surface area contributed by atoms with Gasteiger partial charge in [-0.1, -0.05) is 20.8 Å². The molecule has 1 atom stereocenters. The van der Waals surface area contributed by atoms with E-state index in [1.807, 2.05) is 29.1 Å². The Hall–Kier alpha value is -2.41. The molecular weight excluding hydrogens is 334 g/mol. The molecule has 0 aliphatic heterocycles. The fourth-order valence-corrected chi connectivity index (χ4v) is 3.47. The number of hydrogen-bond acceptors (Lipinski definition) is 4. The number of nitrogens with one attached hydrogen (secondary N) is 2. The van der Waals surface area contributed by atoms with E-state index >= 15 is 0 Å². The lowest BCUT2D eigenvalue weighted by Gasteiger charge is -2.18. The maximum Gasteiger partial charge on any atom is 0.243 e. The van der Waals surface area contributed by atoms with E-state index in [9.17, 15) is 4.79 Å². The van der Waals surface area contributed by atoms with Gasteiger partial charge in [0.05, 0.1) is 18.6 Å². The molecule has 132 valence electrons. The minimum atomic E-state index is -0.322. The van der Waals surface area contributed by atoms with Crippen molar-refractivity contribution in [3.05, 3.63) is 58.8 Å². The van der Waals surface area contributed by atoms with Gasteiger partial charge >= 0.3 is 0 Å². The smallest absolute Gasteiger partial charge is 0.243 e. The van der Waals surface area contributed by atoms with Gasteiger partial charge in [0.2, 0.25) is 5.91 Å². The van der Waals surface area contributed by atoms with Crippen LogP contribution in [-0.2, 0) is 23.2 Å². The highest BCUT2D eigenvalue weighted by Crippen LogP contribution is 2.24. The van der Waals surface area contributed by atoms with Crippen LogP contribution in [-0.4, -0.2) is 25.4 Å². The fraction of sp³-hybridized carbons (Fsp3) is 0.389. The van der Waals surface area contributed by atoms with Crippen LogP contribution in [0.1, 0.15) is 43.2 Å². The van der Waals surface area contributed by atoms with Gasteiger partial charge < -0.3 is 14.9 Å². The van der Waals surface area contributed by atoms with Gasteiger partial charge in [0.1, 0.15) is 11.0 Å². The van der Waals surface area contributed by atoms with Gasteiger partial charge in [-0.3, -0.25) is 4.79 Å². The molecular formula is C18H23N5OS. The molecule has 0 aliphatic carbocycles. The summed E-state index contributed by atoms with van der Waals surface area (Å²) in [5.41, 5.74) is 2.01. The summed E-state index contributed by atoms with van der Waals surface area (Å²) in [5, 5.41) is 6.01. The van der Waals surface area contributed by atoms with Crippen molar-refractivity contribution in [3.63, 3.8) is 0 Å². The van der Waals surface area contributed by atoms with Crippen molar-refractivity contribution in [2.45, 2.75) is 45.2 Å². The van der Waals surface area contributed by atoms with Crippen LogP contribution in [0.5, 0.6) is 0 Å². The maximum atomic E-state index is 12.8. The molecule has 0 saturated carbocycles. The molecule has 0 saturated heterocycles. The van der Waals surface area contributed by atoms with Crippen LogP contribution in [0.2, 0.25) is 0 Å². The zero-order chi connectivity index (χ0) is 17.9. The summed E-state index contributed by atoms with van der Waals surface area (Å²) < 4.78 is 1.92. The van der Waals surface area contributed by atoms with Crippen LogP contribution in [0.25, 0.3) is 0 Å². The topological polar surface area (TPSA) is 75.6 Å². The lowest BCUT2D eigenvalue weighted by molar-refractivity contribution is -0.124. The molecule has 2 N–H and O–H groups in total. The highest BCUT2D eigenvalue weighted by molar-refractivity contribution is 7.09. The summed E-state index contributed by atoms with van der Waals surface area (Å²) in [6.45, 7) is 6.85. The molecule has 0 spiro atoms. The van der Waals surface area contributed by atoms with E-state index < -0.39 is 0 Å². The maximum absolute atomic E-state index is 12.8. The summed E-state index contributed by atoms with van der Waals surface area (Å²) in [5.74, 6) is -0.0293. The number of carbonyl (C=O) groups is 1. The molecule has 0 unspecified atom stereocenters. The fourth-order valence-electron chi connectivity index (χ4n) is 2.51. The Bertz CT molecular complexity index is 799. The number of aromatic amines is 1. The van der Waals surface area contributed by atoms with Crippen molar-refractivity contribution in [1.29, 1.82) is 0 Å². The third-order valence-corrected chi connectivity index (χ3v) is 4.84. The number of hydrogen-bond donors (Lipinski definition) is 2. The van der Waals surface area contributed by atoms with E-state index in [4.69, 9.17) is 0 Å². The Morgan fingerprint density at radius 2 is 2.12 bits per heavy atom. The standard InChI is InChI=1S/C18H23N5OS/c1-18(2,3)15-11-25-16(22-15)10-20-17(24)14(23-6-4-5-7-23)8-13-9-19-12-21-13/h4-7,9,11-12,14H,8,10H2,1-3H3,(H,19,21)(H,20,24)/t14-/m0/s1. The summed E-state index contributed by atoms with van der Waals surface area (Å²) in [6, 6.07) is 3.52. The molecule has 0 aromatic carbocycles. The van der Waals surface area contributed by atoms with E-state index in [0.29, 0.717) is 13.0 Å². The zero-order valence-corrected chi connectivity index (χ0v) is 15.5. The molecule has 3 aromatic rings. The minimum absolute atomic E-state index is 0.0209. The first kappa shape index (κ1) is 17.4. The summed E-state index contributed by atoms with van der Waals surface area (Å²) >= 11 is 1.58. The van der Waals surface area contributed by atoms with Crippen LogP contribution < -0.4 is 5.32 Å². The number of H-pyrrole nitrogens is 1. The zero-order valence-electron chi connectivity index (χ0n) is 14.7. The van der Waals surface area contributed by atoms with Crippen molar-refractivity contribution in [2.24, 2.45) is 0 Å². The second-order valence-electron chi connectivity index (χ2n) is 7.02. The van der Waals surface area contributed by atoms with E-state index in [0.717, 1.165) is 16.4 Å². The summed E-state index contributed by atoms with van der Waals surface area (Å²) in [4.78, 5) is 24.5. The van der Waals surface area contributed by atoms with E-state index in [2.05, 4.69) is 46.4 Å². The van der Waals surface area contributed by atoms with Gasteiger partial charge in [0.15, 0.2) is 0 Å². The lowest BCUT2D eigenvalue weighted by atomic mass is 9.93. The molecule has 0 fully saturated rings. The number of thiazole rings is 1. The number of amides is 1. The Balaban J connectivity index is 1.67. The Morgan fingerprint density at radius 1 is 1.36 bits per heavy atom. The van der Waals surface area contributed by atoms with Gasteiger partial charge in [-0.2, -0.15) is 0 Å². The first-order chi connectivity index (χ1) is 11.9. The molecule has 25 heavy (non-hydrogen) atoms. The van der Waals surface area contributed by atoms with Crippen molar-refractivity contribution < 1.29 is 4.79 Å². The molecule has 3 aromatic heterocycles. The lowest BCUT2D eigenvalue weighted by Crippen LogP contribution is -2.33. The number of carbonyl (C=O) groups excluding carboxylic acids is 1. The van der Waals surface area contributed by atoms with Crippen LogP contribution in [0.3, 0.4) is 0 Å². The van der Waals surface area contributed by atoms with Crippen LogP contribution in [0.4, 0.5) is 0 Å². The van der Waals surface area contributed by atoms with Crippen molar-refractivity contribution in [2.75, 3.05) is 0 Å². The van der Waals surface area contributed by atoms with Crippen LogP contribution in [0, 0.1) is 0 Å². The quantitative estimate of drug-likeness (QED) is 0.712. The molecule has 0 aliphatic rings. The Morgan fingerprint density at radius 3 is 2.72 bits per heavy atom. The second-order valence-corrected chi connectivity index (χ2v) is 7.96. The van der Waals surface area contributed by atoms with Gasteiger partial charge in [-0.25, -0.2) is 9.97 Å². The minimum Gasteiger partial charge on any atom is -0.348 e.